The summed E-state index contributed by atoms with van der Waals surface area (Å²) in [4.78, 5) is 10.7. The van der Waals surface area contributed by atoms with Gasteiger partial charge in [-0.15, -0.1) is 0 Å². The highest BCUT2D eigenvalue weighted by molar-refractivity contribution is 6.30. The summed E-state index contributed by atoms with van der Waals surface area (Å²) in [5.41, 5.74) is 11.8. The Balaban J connectivity index is 1.12. The number of aromatic amines is 1. The molecule has 5 aliphatic rings. The summed E-state index contributed by atoms with van der Waals surface area (Å²) >= 11 is 6.00. The fourth-order valence-corrected chi connectivity index (χ4v) is 8.78. The second kappa shape index (κ2) is 8.91. The van der Waals surface area contributed by atoms with Gasteiger partial charge in [-0.2, -0.15) is 0 Å². The van der Waals surface area contributed by atoms with Gasteiger partial charge in [0.05, 0.1) is 23.3 Å². The van der Waals surface area contributed by atoms with Crippen LogP contribution in [0.1, 0.15) is 53.3 Å². The van der Waals surface area contributed by atoms with E-state index in [-0.39, 0.29) is 11.8 Å². The quantitative estimate of drug-likeness (QED) is 0.161. The molecule has 2 fully saturated rings. The van der Waals surface area contributed by atoms with Crippen LogP contribution in [0.2, 0.25) is 5.02 Å². The lowest BCUT2D eigenvalue weighted by Gasteiger charge is -2.62. The average Bonchev–Trinajstić information content (AvgIpc) is 3.64. The van der Waals surface area contributed by atoms with Crippen LogP contribution in [-0.2, 0) is 24.8 Å². The van der Waals surface area contributed by atoms with Gasteiger partial charge in [-0.1, -0.05) is 29.8 Å². The van der Waals surface area contributed by atoms with E-state index in [4.69, 9.17) is 22.1 Å². The zero-order valence-corrected chi connectivity index (χ0v) is 24.5. The van der Waals surface area contributed by atoms with Crippen LogP contribution in [0.5, 0.6) is 11.5 Å². The highest BCUT2D eigenvalue weighted by Crippen LogP contribution is 2.69. The number of benzene rings is 3. The lowest BCUT2D eigenvalue weighted by Crippen LogP contribution is -2.74. The van der Waals surface area contributed by atoms with Crippen molar-refractivity contribution in [3.8, 4) is 11.5 Å². The molecule has 9 rings (SSSR count). The van der Waals surface area contributed by atoms with Gasteiger partial charge < -0.3 is 31.0 Å². The number of anilines is 1. The number of likely N-dealkylation sites (tertiary alicyclic amines) is 1. The number of nitrogens with two attached hydrogens (primary N) is 1. The van der Waals surface area contributed by atoms with Crippen LogP contribution in [0.25, 0.3) is 10.9 Å². The molecule has 0 radical (unpaired) electrons. The second-order valence-electron chi connectivity index (χ2n) is 13.2. The molecule has 1 saturated heterocycles. The molecule has 3 heterocycles. The van der Waals surface area contributed by atoms with Crippen LogP contribution in [0.15, 0.2) is 59.6 Å². The molecule has 2 bridgehead atoms. The Morgan fingerprint density at radius 1 is 1.16 bits per heavy atom. The molecule has 9 heteroatoms. The number of nitrogens with one attached hydrogen (secondary N) is 2. The Hall–Kier alpha value is -3.72. The summed E-state index contributed by atoms with van der Waals surface area (Å²) in [5, 5.41) is 29.0. The Bertz CT molecular complexity index is 1830. The van der Waals surface area contributed by atoms with Gasteiger partial charge in [-0.25, -0.2) is 4.99 Å². The minimum Gasteiger partial charge on any atom is -0.504 e. The summed E-state index contributed by atoms with van der Waals surface area (Å²) in [7, 11) is 0. The van der Waals surface area contributed by atoms with E-state index in [1.54, 1.807) is 6.07 Å². The topological polar surface area (TPSA) is 119 Å². The van der Waals surface area contributed by atoms with Crippen molar-refractivity contribution < 1.29 is 14.9 Å². The largest absolute Gasteiger partial charge is 0.504 e. The van der Waals surface area contributed by atoms with E-state index in [0.29, 0.717) is 29.7 Å². The predicted octanol–water partition coefficient (Wildman–Crippen LogP) is 5.15. The first-order chi connectivity index (χ1) is 20.8. The number of aliphatic imine (C=N–C) groups is 1. The van der Waals surface area contributed by atoms with Crippen LogP contribution in [0, 0.1) is 5.92 Å². The van der Waals surface area contributed by atoms with Crippen molar-refractivity contribution in [2.75, 3.05) is 18.4 Å². The second-order valence-corrected chi connectivity index (χ2v) is 13.6. The number of phenolic OH excluding ortho intramolecular Hbond substituents is 1. The summed E-state index contributed by atoms with van der Waals surface area (Å²) in [6, 6.07) is 17.5. The number of aromatic hydroxyl groups is 1. The highest BCUT2D eigenvalue weighted by Gasteiger charge is 2.72. The van der Waals surface area contributed by atoms with Gasteiger partial charge in [0, 0.05) is 46.2 Å². The van der Waals surface area contributed by atoms with Gasteiger partial charge in [0.15, 0.2) is 23.6 Å². The van der Waals surface area contributed by atoms with E-state index in [9.17, 15) is 10.2 Å². The lowest BCUT2D eigenvalue weighted by atomic mass is 9.49. The summed E-state index contributed by atoms with van der Waals surface area (Å²) in [6.07, 6.45) is 4.23. The van der Waals surface area contributed by atoms with Crippen LogP contribution in [0.4, 0.5) is 5.69 Å². The van der Waals surface area contributed by atoms with Crippen molar-refractivity contribution in [2.24, 2.45) is 16.6 Å². The average molecular weight is 596 g/mol. The van der Waals surface area contributed by atoms with Gasteiger partial charge >= 0.3 is 0 Å². The number of halogens is 1. The normalized spacial score (nSPS) is 28.8. The van der Waals surface area contributed by atoms with E-state index >= 15 is 0 Å². The number of ether oxygens (including phenoxy) is 1. The number of H-pyrrole nitrogens is 1. The summed E-state index contributed by atoms with van der Waals surface area (Å²) in [6.45, 7) is 2.41. The third-order valence-corrected chi connectivity index (χ3v) is 11.0. The Morgan fingerprint density at radius 3 is 2.81 bits per heavy atom. The molecule has 220 valence electrons. The molecule has 2 aliphatic heterocycles. The van der Waals surface area contributed by atoms with Gasteiger partial charge in [-0.3, -0.25) is 4.90 Å². The number of hydrogen-bond acceptors (Lipinski definition) is 5. The number of guanidine groups is 1. The van der Waals surface area contributed by atoms with Gasteiger partial charge in [-0.05, 0) is 91.2 Å². The first-order valence-electron chi connectivity index (χ1n) is 15.3. The smallest absolute Gasteiger partial charge is 0.193 e. The molecule has 6 N–H and O–H groups in total. The van der Waals surface area contributed by atoms with Crippen LogP contribution in [-0.4, -0.2) is 50.8 Å². The SMILES string of the molecule is NC(=NCc1ccc(Cl)cc1)Nc1ccc2[nH]c3c(c2c1)C[C@@]1(O)[C@H]2Cc4ccc(O)c5c4[C@@]1(CCN2CC1CC1)[C@H]3O5. The van der Waals surface area contributed by atoms with E-state index < -0.39 is 17.1 Å². The number of aliphatic hydroxyl groups is 1. The molecule has 0 unspecified atom stereocenters. The van der Waals surface area contributed by atoms with Crippen LogP contribution >= 0.6 is 11.6 Å². The third kappa shape index (κ3) is 3.60. The number of rotatable bonds is 5. The minimum atomic E-state index is -1.03. The number of fused-ring (bicyclic) bond motifs is 4. The monoisotopic (exact) mass is 595 g/mol. The Kier molecular flexibility index (Phi) is 5.33. The number of aromatic nitrogens is 1. The zero-order valence-electron chi connectivity index (χ0n) is 23.7. The van der Waals surface area contributed by atoms with E-state index in [1.165, 1.54) is 18.4 Å². The van der Waals surface area contributed by atoms with Gasteiger partial charge in [0.25, 0.3) is 0 Å². The van der Waals surface area contributed by atoms with Crippen LogP contribution in [0.3, 0.4) is 0 Å². The molecule has 43 heavy (non-hydrogen) atoms. The fraction of sp³-hybridized carbons (Fsp3) is 0.382. The van der Waals surface area contributed by atoms with E-state index in [1.807, 2.05) is 42.5 Å². The number of phenols is 1. The van der Waals surface area contributed by atoms with Gasteiger partial charge in [0.2, 0.25) is 0 Å². The van der Waals surface area contributed by atoms with E-state index in [0.717, 1.165) is 70.8 Å². The van der Waals surface area contributed by atoms with Crippen molar-refractivity contribution in [3.63, 3.8) is 0 Å². The molecule has 8 nitrogen and oxygen atoms in total. The first-order valence-corrected chi connectivity index (χ1v) is 15.7. The molecule has 4 atom stereocenters. The predicted molar refractivity (Wildman–Crippen MR) is 167 cm³/mol. The minimum absolute atomic E-state index is 0.00834. The third-order valence-electron chi connectivity index (χ3n) is 10.8. The highest BCUT2D eigenvalue weighted by atomic mass is 35.5. The fourth-order valence-electron chi connectivity index (χ4n) is 8.65. The molecule has 1 aromatic heterocycles. The van der Waals surface area contributed by atoms with Crippen molar-refractivity contribution in [1.82, 2.24) is 9.88 Å². The standard InChI is InChI=1S/C34H34ClN5O3/c35-21-6-3-18(4-7-21)16-37-32(36)38-22-8-9-25-23(14-22)24-15-34(42)27-13-20-5-10-26(41)30-28(20)33(34,31(43-30)29(24)39-25)11-12-40(27)17-19-1-2-19/h3-10,14,19,27,31,39,41-42H,1-2,11-13,15-17H2,(H3,36,37,38)/t27-,31+,33+,34-/m1/s1. The van der Waals surface area contributed by atoms with E-state index in [2.05, 4.69) is 26.3 Å². The first kappa shape index (κ1) is 25.7. The lowest BCUT2D eigenvalue weighted by molar-refractivity contribution is -0.173. The number of hydrogen-bond donors (Lipinski definition) is 5. The molecule has 1 spiro atoms. The van der Waals surface area contributed by atoms with Crippen LogP contribution < -0.4 is 15.8 Å². The molecule has 3 aromatic carbocycles. The van der Waals surface area contributed by atoms with Crippen molar-refractivity contribution >= 4 is 34.2 Å². The maximum absolute atomic E-state index is 13.1. The number of piperidine rings is 1. The van der Waals surface area contributed by atoms with Gasteiger partial charge in [0.1, 0.15) is 0 Å². The van der Waals surface area contributed by atoms with Crippen molar-refractivity contribution in [2.45, 2.75) is 61.8 Å². The summed E-state index contributed by atoms with van der Waals surface area (Å²) < 4.78 is 6.71. The number of nitrogens with zero attached hydrogens (tertiary/aromatic N) is 2. The Labute approximate surface area is 254 Å². The molecule has 0 amide bonds. The summed E-state index contributed by atoms with van der Waals surface area (Å²) in [5.74, 6) is 1.76. The molecular formula is C34H34ClN5O3. The molecule has 1 saturated carbocycles. The van der Waals surface area contributed by atoms with Crippen molar-refractivity contribution in [3.05, 3.63) is 87.6 Å². The molecule has 4 aromatic rings. The zero-order chi connectivity index (χ0) is 29.1. The maximum atomic E-state index is 13.1. The maximum Gasteiger partial charge on any atom is 0.193 e. The molecule has 3 aliphatic carbocycles. The Morgan fingerprint density at radius 2 is 2.00 bits per heavy atom. The molecular weight excluding hydrogens is 562 g/mol. The van der Waals surface area contributed by atoms with Crippen molar-refractivity contribution in [1.29, 1.82) is 0 Å².